The lowest BCUT2D eigenvalue weighted by Gasteiger charge is -2.40. The fourth-order valence-electron chi connectivity index (χ4n) is 6.60. The van der Waals surface area contributed by atoms with Gasteiger partial charge in [0.25, 0.3) is 0 Å². The van der Waals surface area contributed by atoms with Gasteiger partial charge in [-0.25, -0.2) is 17.9 Å². The van der Waals surface area contributed by atoms with Crippen molar-refractivity contribution in [1.29, 1.82) is 0 Å². The van der Waals surface area contributed by atoms with Crippen LogP contribution in [-0.4, -0.2) is 77.9 Å². The first-order valence-corrected chi connectivity index (χ1v) is 14.7. The Morgan fingerprint density at radius 1 is 1.12 bits per heavy atom. The van der Waals surface area contributed by atoms with Gasteiger partial charge >= 0.3 is 0 Å². The average Bonchev–Trinajstić information content (AvgIpc) is 3.35. The van der Waals surface area contributed by atoms with Crippen LogP contribution in [0.5, 0.6) is 5.75 Å². The van der Waals surface area contributed by atoms with Crippen molar-refractivity contribution in [2.45, 2.75) is 57.5 Å². The van der Waals surface area contributed by atoms with Crippen LogP contribution >= 0.6 is 0 Å². The summed E-state index contributed by atoms with van der Waals surface area (Å²) in [6, 6.07) is 5.46. The van der Waals surface area contributed by atoms with Crippen LogP contribution in [0.4, 0.5) is 17.6 Å². The number of fused-ring (bicyclic) bond motifs is 3. The molecule has 2 atom stereocenters. The van der Waals surface area contributed by atoms with Crippen molar-refractivity contribution in [2.24, 2.45) is 5.92 Å². The highest BCUT2D eigenvalue weighted by atomic mass is 19.1. The van der Waals surface area contributed by atoms with E-state index in [0.717, 1.165) is 41.3 Å². The minimum Gasteiger partial charge on any atom is -0.492 e. The highest BCUT2D eigenvalue weighted by molar-refractivity contribution is 5.84. The Labute approximate surface area is 238 Å². The van der Waals surface area contributed by atoms with E-state index in [1.165, 1.54) is 26.0 Å². The quantitative estimate of drug-likeness (QED) is 0.294. The van der Waals surface area contributed by atoms with E-state index in [1.54, 1.807) is 0 Å². The molecule has 2 saturated heterocycles. The highest BCUT2D eigenvalue weighted by Crippen LogP contribution is 2.42. The molecule has 3 aliphatic rings. The Balaban J connectivity index is 1.31. The van der Waals surface area contributed by atoms with Gasteiger partial charge in [0.05, 0.1) is 24.4 Å². The Morgan fingerprint density at radius 2 is 1.90 bits per heavy atom. The van der Waals surface area contributed by atoms with Crippen molar-refractivity contribution < 1.29 is 27.0 Å². The largest absolute Gasteiger partial charge is 0.492 e. The normalized spacial score (nSPS) is 22.6. The number of hydrogen-bond acceptors (Lipinski definition) is 5. The molecule has 3 aromatic rings. The number of hydrogen-bond donors (Lipinski definition) is 0. The lowest BCUT2D eigenvalue weighted by Crippen LogP contribution is -2.49. The molecule has 41 heavy (non-hydrogen) atoms. The van der Waals surface area contributed by atoms with Crippen molar-refractivity contribution >= 4 is 10.9 Å². The van der Waals surface area contributed by atoms with E-state index in [2.05, 4.69) is 5.10 Å². The molecule has 1 aromatic heterocycles. The lowest BCUT2D eigenvalue weighted by atomic mass is 9.85. The third-order valence-electron chi connectivity index (χ3n) is 8.50. The maximum Gasteiger partial charge on any atom is 0.150 e. The summed E-state index contributed by atoms with van der Waals surface area (Å²) in [5.41, 5.74) is 0.986. The monoisotopic (exact) mass is 574 g/mol. The molecule has 2 fully saturated rings. The van der Waals surface area contributed by atoms with Gasteiger partial charge in [0.1, 0.15) is 29.7 Å². The van der Waals surface area contributed by atoms with Crippen molar-refractivity contribution in [3.63, 3.8) is 0 Å². The summed E-state index contributed by atoms with van der Waals surface area (Å²) in [5, 5.41) is 5.57. The van der Waals surface area contributed by atoms with E-state index in [9.17, 15) is 8.78 Å². The first kappa shape index (κ1) is 28.4. The molecule has 6 nitrogen and oxygen atoms in total. The Kier molecular flexibility index (Phi) is 8.00. The van der Waals surface area contributed by atoms with Crippen LogP contribution in [0.1, 0.15) is 62.1 Å². The molecule has 0 amide bonds. The Hall–Kier alpha value is -2.69. The van der Waals surface area contributed by atoms with E-state index in [-0.39, 0.29) is 43.3 Å². The standard InChI is InChI=1S/C31H38F4N4O2/c1-31(2,35)19-38-9-8-22-23(6-7-27-24(22)16-36-39(27)28-5-3-4-11-41-28)30(38)29-25(33)13-21(14-26(29)34)40-12-10-37-17-20(15-32)18-37/h6-7,13-14,16,20,28,30H,3-5,8-12,15,17-19H2,1-2H3. The molecule has 0 saturated carbocycles. The number of alkyl halides is 2. The summed E-state index contributed by atoms with van der Waals surface area (Å²) >= 11 is 0. The van der Waals surface area contributed by atoms with Crippen molar-refractivity contribution in [1.82, 2.24) is 19.6 Å². The molecule has 0 aliphatic carbocycles. The number of ether oxygens (including phenoxy) is 2. The van der Waals surface area contributed by atoms with Gasteiger partial charge < -0.3 is 9.47 Å². The highest BCUT2D eigenvalue weighted by Gasteiger charge is 2.37. The number of likely N-dealkylation sites (tertiary alicyclic amines) is 1. The fraction of sp³-hybridized carbons (Fsp3) is 0.581. The van der Waals surface area contributed by atoms with Crippen molar-refractivity contribution in [2.75, 3.05) is 52.6 Å². The zero-order valence-corrected chi connectivity index (χ0v) is 23.7. The smallest absolute Gasteiger partial charge is 0.150 e. The van der Waals surface area contributed by atoms with Gasteiger partial charge in [0, 0.05) is 68.3 Å². The number of aromatic nitrogens is 2. The second-order valence-corrected chi connectivity index (χ2v) is 12.2. The van der Waals surface area contributed by atoms with Gasteiger partial charge in [-0.3, -0.25) is 14.2 Å². The molecule has 222 valence electrons. The van der Waals surface area contributed by atoms with Crippen molar-refractivity contribution in [3.8, 4) is 5.75 Å². The molecular weight excluding hydrogens is 536 g/mol. The van der Waals surface area contributed by atoms with Gasteiger partial charge in [-0.15, -0.1) is 0 Å². The topological polar surface area (TPSA) is 42.8 Å². The van der Waals surface area contributed by atoms with Crippen LogP contribution in [0.3, 0.4) is 0 Å². The molecule has 0 bridgehead atoms. The summed E-state index contributed by atoms with van der Waals surface area (Å²) in [5.74, 6) is -1.29. The van der Waals surface area contributed by atoms with E-state index in [0.29, 0.717) is 39.2 Å². The third kappa shape index (κ3) is 5.83. The van der Waals surface area contributed by atoms with E-state index < -0.39 is 23.3 Å². The molecule has 4 heterocycles. The summed E-state index contributed by atoms with van der Waals surface area (Å²) < 4.78 is 72.7. The van der Waals surface area contributed by atoms with Crippen LogP contribution in [0, 0.1) is 17.6 Å². The predicted octanol–water partition coefficient (Wildman–Crippen LogP) is 5.99. The van der Waals surface area contributed by atoms with Gasteiger partial charge in [0.15, 0.2) is 6.23 Å². The lowest BCUT2D eigenvalue weighted by molar-refractivity contribution is -0.0366. The number of benzene rings is 2. The first-order valence-electron chi connectivity index (χ1n) is 14.7. The fourth-order valence-corrected chi connectivity index (χ4v) is 6.60. The maximum atomic E-state index is 15.8. The number of halogens is 4. The number of nitrogens with zero attached hydrogens (tertiary/aromatic N) is 4. The third-order valence-corrected chi connectivity index (χ3v) is 8.50. The minimum absolute atomic E-state index is 0.0250. The summed E-state index contributed by atoms with van der Waals surface area (Å²) in [4.78, 5) is 3.88. The molecule has 0 spiro atoms. The first-order chi connectivity index (χ1) is 19.7. The van der Waals surface area contributed by atoms with Gasteiger partial charge in [-0.2, -0.15) is 5.10 Å². The SMILES string of the molecule is CC(C)(F)CN1CCc2c(ccc3c2cnn3C2CCCCO2)C1c1c(F)cc(OCCN2CC(CF)C2)cc1F. The zero-order valence-electron chi connectivity index (χ0n) is 23.7. The van der Waals surface area contributed by atoms with Crippen LogP contribution in [0.25, 0.3) is 10.9 Å². The van der Waals surface area contributed by atoms with Gasteiger partial charge in [-0.05, 0) is 56.7 Å². The molecular formula is C31H38F4N4O2. The summed E-state index contributed by atoms with van der Waals surface area (Å²) in [6.07, 6.45) is 5.29. The molecule has 3 aliphatic heterocycles. The Morgan fingerprint density at radius 3 is 2.59 bits per heavy atom. The van der Waals surface area contributed by atoms with Crippen LogP contribution in [0.2, 0.25) is 0 Å². The molecule has 6 rings (SSSR count). The van der Waals surface area contributed by atoms with Crippen LogP contribution in [0.15, 0.2) is 30.5 Å². The second-order valence-electron chi connectivity index (χ2n) is 12.2. The van der Waals surface area contributed by atoms with Crippen LogP contribution < -0.4 is 4.74 Å². The maximum absolute atomic E-state index is 15.8. The molecule has 0 N–H and O–H groups in total. The Bertz CT molecular complexity index is 1360. The second kappa shape index (κ2) is 11.5. The van der Waals surface area contributed by atoms with Gasteiger partial charge in [-0.1, -0.05) is 6.07 Å². The van der Waals surface area contributed by atoms with E-state index >= 15 is 8.78 Å². The van der Waals surface area contributed by atoms with E-state index in [4.69, 9.17) is 9.47 Å². The van der Waals surface area contributed by atoms with Crippen LogP contribution in [-0.2, 0) is 11.2 Å². The summed E-state index contributed by atoms with van der Waals surface area (Å²) in [6.45, 7) is 5.95. The zero-order chi connectivity index (χ0) is 28.7. The average molecular weight is 575 g/mol. The minimum atomic E-state index is -1.56. The summed E-state index contributed by atoms with van der Waals surface area (Å²) in [7, 11) is 0. The molecule has 2 aromatic carbocycles. The number of rotatable bonds is 9. The van der Waals surface area contributed by atoms with Crippen molar-refractivity contribution in [3.05, 3.63) is 58.8 Å². The molecule has 10 heteroatoms. The molecule has 0 radical (unpaired) electrons. The van der Waals surface area contributed by atoms with Gasteiger partial charge in [0.2, 0.25) is 0 Å². The molecule has 2 unspecified atom stereocenters. The predicted molar refractivity (Wildman–Crippen MR) is 149 cm³/mol. The van der Waals surface area contributed by atoms with E-state index in [1.807, 2.05) is 32.8 Å².